The van der Waals surface area contributed by atoms with Crippen LogP contribution in [-0.2, 0) is 12.0 Å². The Morgan fingerprint density at radius 2 is 1.93 bits per heavy atom. The van der Waals surface area contributed by atoms with Crippen LogP contribution in [0.1, 0.15) is 35.2 Å². The summed E-state index contributed by atoms with van der Waals surface area (Å²) in [4.78, 5) is 17.3. The highest BCUT2D eigenvalue weighted by Crippen LogP contribution is 2.37. The molecule has 8 nitrogen and oxygen atoms in total. The van der Waals surface area contributed by atoms with E-state index >= 15 is 0 Å². The minimum absolute atomic E-state index is 0.148. The van der Waals surface area contributed by atoms with Crippen molar-refractivity contribution in [3.05, 3.63) is 143 Å². The van der Waals surface area contributed by atoms with E-state index in [1.807, 2.05) is 19.1 Å². The van der Waals surface area contributed by atoms with Gasteiger partial charge in [-0.1, -0.05) is 54.6 Å². The number of benzene rings is 3. The molecule has 0 bridgehead atoms. The third-order valence-corrected chi connectivity index (χ3v) is 7.37. The summed E-state index contributed by atoms with van der Waals surface area (Å²) in [5, 5.41) is 6.40. The van der Waals surface area contributed by atoms with Gasteiger partial charge < -0.3 is 31.3 Å². The molecule has 224 valence electrons. The number of para-hydroxylation sites is 2. The highest BCUT2D eigenvalue weighted by molar-refractivity contribution is 6.32. The molecule has 1 amide bonds. The summed E-state index contributed by atoms with van der Waals surface area (Å²) >= 11 is 6.51. The number of nitrogen functional groups attached to an aromatic ring is 1. The summed E-state index contributed by atoms with van der Waals surface area (Å²) < 4.78 is 25.3. The normalized spacial score (nSPS) is 16.5. The quantitative estimate of drug-likeness (QED) is 0.0878. The lowest BCUT2D eigenvalue weighted by atomic mass is 9.78. The van der Waals surface area contributed by atoms with E-state index in [2.05, 4.69) is 22.2 Å². The number of ether oxygens (including phenoxy) is 1. The van der Waals surface area contributed by atoms with E-state index in [1.54, 1.807) is 66.7 Å². The molecule has 44 heavy (non-hydrogen) atoms. The molecule has 0 saturated carbocycles. The Hall–Kier alpha value is -5.28. The number of rotatable bonds is 9. The van der Waals surface area contributed by atoms with Crippen molar-refractivity contribution in [3.8, 4) is 5.75 Å². The topological polar surface area (TPSA) is 128 Å². The Morgan fingerprint density at radius 3 is 2.68 bits per heavy atom. The zero-order chi connectivity index (χ0) is 31.3. The van der Waals surface area contributed by atoms with Gasteiger partial charge in [0, 0.05) is 28.6 Å². The predicted octanol–water partition coefficient (Wildman–Crippen LogP) is 7.57. The molecule has 1 aliphatic rings. The Balaban J connectivity index is 1.34. The Morgan fingerprint density at radius 1 is 1.11 bits per heavy atom. The molecule has 4 aromatic rings. The second-order valence-corrected chi connectivity index (χ2v) is 10.8. The zero-order valence-electron chi connectivity index (χ0n) is 23.9. The van der Waals surface area contributed by atoms with Gasteiger partial charge in [0.15, 0.2) is 5.76 Å². The number of carbonyl (C=O) groups is 1. The van der Waals surface area contributed by atoms with Gasteiger partial charge in [-0.3, -0.25) is 4.79 Å². The first-order chi connectivity index (χ1) is 21.1. The second kappa shape index (κ2) is 12.9. The third-order valence-electron chi connectivity index (χ3n) is 7.08. The molecule has 1 heterocycles. The molecule has 10 heteroatoms. The van der Waals surface area contributed by atoms with Crippen molar-refractivity contribution >= 4 is 40.4 Å². The third kappa shape index (κ3) is 6.85. The van der Waals surface area contributed by atoms with Crippen molar-refractivity contribution < 1.29 is 18.3 Å². The predicted molar refractivity (Wildman–Crippen MR) is 173 cm³/mol. The number of amidine groups is 1. The van der Waals surface area contributed by atoms with Crippen LogP contribution in [0.3, 0.4) is 0 Å². The summed E-state index contributed by atoms with van der Waals surface area (Å²) in [7, 11) is 0. The molecule has 0 aliphatic heterocycles. The Kier molecular flexibility index (Phi) is 8.87. The number of nitrogens with two attached hydrogens (primary N) is 2. The van der Waals surface area contributed by atoms with E-state index in [0.717, 1.165) is 0 Å². The standard InChI is InChI=1S/C34H31ClFN5O3/c1-3-39-32(40-23-11-12-29(25(35)18-23)43-20-21-7-6-8-22(36)17-21)24-19-34(2,16-15-26(24)37)31-14-13-30(44-31)33(42)41-28-10-5-4-9-27(28)38/h3-15,17-19H,1,16,20,37-38H2,2H3,(H,39,40)(H,41,42). The fourth-order valence-electron chi connectivity index (χ4n) is 4.71. The van der Waals surface area contributed by atoms with Crippen LogP contribution in [0.25, 0.3) is 0 Å². The van der Waals surface area contributed by atoms with Gasteiger partial charge in [0.25, 0.3) is 5.91 Å². The average molecular weight is 612 g/mol. The summed E-state index contributed by atoms with van der Waals surface area (Å²) in [5.41, 5.74) is 15.2. The van der Waals surface area contributed by atoms with Crippen LogP contribution < -0.4 is 26.8 Å². The van der Waals surface area contributed by atoms with Crippen molar-refractivity contribution in [2.45, 2.75) is 25.4 Å². The highest BCUT2D eigenvalue weighted by atomic mass is 35.5. The van der Waals surface area contributed by atoms with Crippen molar-refractivity contribution in [1.82, 2.24) is 0 Å². The highest BCUT2D eigenvalue weighted by Gasteiger charge is 2.33. The first-order valence-corrected chi connectivity index (χ1v) is 14.1. The smallest absolute Gasteiger partial charge is 0.291 e. The van der Waals surface area contributed by atoms with Gasteiger partial charge in [-0.05, 0) is 73.5 Å². The summed E-state index contributed by atoms with van der Waals surface area (Å²) in [6, 6.07) is 21.8. The molecular formula is C34H31ClFN5O3. The van der Waals surface area contributed by atoms with Gasteiger partial charge in [-0.15, -0.1) is 0 Å². The molecule has 5 rings (SSSR count). The molecule has 0 saturated heterocycles. The molecule has 1 atom stereocenters. The maximum absolute atomic E-state index is 13.5. The van der Waals surface area contributed by atoms with Crippen LogP contribution >= 0.6 is 11.6 Å². The number of aliphatic imine (C=N–C) groups is 1. The molecule has 0 radical (unpaired) electrons. The first-order valence-electron chi connectivity index (χ1n) is 13.7. The summed E-state index contributed by atoms with van der Waals surface area (Å²) in [6.45, 7) is 5.90. The van der Waals surface area contributed by atoms with Crippen molar-refractivity contribution in [2.75, 3.05) is 16.4 Å². The minimum atomic E-state index is -0.640. The van der Waals surface area contributed by atoms with Crippen LogP contribution in [0.4, 0.5) is 21.5 Å². The van der Waals surface area contributed by atoms with Crippen LogP contribution in [0.15, 0.2) is 124 Å². The first kappa shape index (κ1) is 30.2. The number of hydrogen-bond donors (Lipinski definition) is 4. The van der Waals surface area contributed by atoms with Crippen molar-refractivity contribution in [1.29, 1.82) is 0 Å². The number of nitrogens with zero attached hydrogens (tertiary/aromatic N) is 1. The fourth-order valence-corrected chi connectivity index (χ4v) is 4.95. The van der Waals surface area contributed by atoms with Gasteiger partial charge in [0.1, 0.15) is 29.8 Å². The van der Waals surface area contributed by atoms with E-state index < -0.39 is 11.3 Å². The van der Waals surface area contributed by atoms with Crippen molar-refractivity contribution in [3.63, 3.8) is 0 Å². The number of allylic oxidation sites excluding steroid dienone is 2. The lowest BCUT2D eigenvalue weighted by Gasteiger charge is -2.29. The number of furan rings is 1. The van der Waals surface area contributed by atoms with E-state index in [-0.39, 0.29) is 18.2 Å². The SMILES string of the molecule is C=C/N=C(/Nc1ccc(OCc2cccc(F)c2)c(Cl)c1)C1=CC(C)(c2ccc(C(=O)Nc3ccccc3N)o2)CC=C1N. The number of nitrogens with one attached hydrogen (secondary N) is 2. The van der Waals surface area contributed by atoms with Gasteiger partial charge in [0.05, 0.1) is 16.4 Å². The van der Waals surface area contributed by atoms with Crippen LogP contribution in [0.2, 0.25) is 5.02 Å². The van der Waals surface area contributed by atoms with E-state index in [4.69, 9.17) is 32.2 Å². The molecule has 1 aromatic heterocycles. The lowest BCUT2D eigenvalue weighted by molar-refractivity contribution is 0.0993. The van der Waals surface area contributed by atoms with E-state index in [0.29, 0.717) is 62.7 Å². The van der Waals surface area contributed by atoms with Gasteiger partial charge in [-0.25, -0.2) is 9.38 Å². The Labute approximate surface area is 259 Å². The number of hydrogen-bond acceptors (Lipinski definition) is 6. The average Bonchev–Trinajstić information content (AvgIpc) is 3.51. The van der Waals surface area contributed by atoms with Gasteiger partial charge in [-0.2, -0.15) is 0 Å². The minimum Gasteiger partial charge on any atom is -0.487 e. The van der Waals surface area contributed by atoms with E-state index in [1.165, 1.54) is 18.3 Å². The Bertz CT molecular complexity index is 1810. The van der Waals surface area contributed by atoms with Crippen LogP contribution in [0.5, 0.6) is 5.75 Å². The van der Waals surface area contributed by atoms with E-state index in [9.17, 15) is 9.18 Å². The van der Waals surface area contributed by atoms with Crippen LogP contribution in [-0.4, -0.2) is 11.7 Å². The number of halogens is 2. The lowest BCUT2D eigenvalue weighted by Crippen LogP contribution is -2.28. The molecule has 6 N–H and O–H groups in total. The maximum atomic E-state index is 13.5. The van der Waals surface area contributed by atoms with Gasteiger partial charge in [0.2, 0.25) is 0 Å². The zero-order valence-corrected chi connectivity index (χ0v) is 24.7. The summed E-state index contributed by atoms with van der Waals surface area (Å²) in [5.74, 6) is 0.857. The molecule has 1 unspecified atom stereocenters. The maximum Gasteiger partial charge on any atom is 0.291 e. The second-order valence-electron chi connectivity index (χ2n) is 10.4. The summed E-state index contributed by atoms with van der Waals surface area (Å²) in [6.07, 6.45) is 5.78. The molecular weight excluding hydrogens is 581 g/mol. The molecule has 0 spiro atoms. The molecule has 3 aromatic carbocycles. The monoisotopic (exact) mass is 611 g/mol. The van der Waals surface area contributed by atoms with Crippen molar-refractivity contribution in [2.24, 2.45) is 10.7 Å². The van der Waals surface area contributed by atoms with Gasteiger partial charge >= 0.3 is 0 Å². The molecule has 1 aliphatic carbocycles. The number of anilines is 3. The fraction of sp³-hybridized carbons (Fsp3) is 0.118. The largest absolute Gasteiger partial charge is 0.487 e. The number of amides is 1. The number of carbonyl (C=O) groups excluding carboxylic acids is 1. The van der Waals surface area contributed by atoms with Crippen LogP contribution in [0, 0.1) is 5.82 Å². The molecule has 0 fully saturated rings.